The Hall–Kier alpha value is -2.76. The second-order valence-electron chi connectivity index (χ2n) is 5.25. The lowest BCUT2D eigenvalue weighted by Crippen LogP contribution is -2.07. The van der Waals surface area contributed by atoms with E-state index in [4.69, 9.17) is 12.6 Å². The third kappa shape index (κ3) is 1.80. The lowest BCUT2D eigenvalue weighted by molar-refractivity contribution is 0.418. The van der Waals surface area contributed by atoms with Crippen LogP contribution in [0.25, 0.3) is 33.1 Å². The highest BCUT2D eigenvalue weighted by Crippen LogP contribution is 2.29. The van der Waals surface area contributed by atoms with E-state index in [1.165, 1.54) is 0 Å². The summed E-state index contributed by atoms with van der Waals surface area (Å²) in [6.07, 6.45) is 5.56. The van der Waals surface area contributed by atoms with Crippen molar-refractivity contribution >= 4 is 35.1 Å². The van der Waals surface area contributed by atoms with Gasteiger partial charge >= 0.3 is 0 Å². The quantitative estimate of drug-likeness (QED) is 0.573. The van der Waals surface area contributed by atoms with Crippen molar-refractivity contribution in [2.45, 2.75) is 0 Å². The highest BCUT2D eigenvalue weighted by molar-refractivity contribution is 6.43. The standard InChI is InChI=1S/C16H13BN4O/c1-21-8-9(6-19-21)12-5-10-13(7-18-12)20-11-3-4-14(22-2)16(17)15(10)11/h3-8,20H,1-2H3. The minimum absolute atomic E-state index is 0.634. The van der Waals surface area contributed by atoms with Gasteiger partial charge in [0.2, 0.25) is 0 Å². The Morgan fingerprint density at radius 3 is 2.82 bits per heavy atom. The highest BCUT2D eigenvalue weighted by Gasteiger charge is 2.12. The molecule has 0 aliphatic heterocycles. The maximum Gasteiger partial charge on any atom is 0.119 e. The van der Waals surface area contributed by atoms with Gasteiger partial charge in [0.15, 0.2) is 0 Å². The number of fused-ring (bicyclic) bond motifs is 3. The molecule has 6 heteroatoms. The molecule has 2 radical (unpaired) electrons. The molecule has 0 saturated heterocycles. The van der Waals surface area contributed by atoms with Gasteiger partial charge in [-0.05, 0) is 23.7 Å². The third-order valence-electron chi connectivity index (χ3n) is 3.87. The zero-order chi connectivity index (χ0) is 15.3. The third-order valence-corrected chi connectivity index (χ3v) is 3.87. The number of aromatic nitrogens is 4. The van der Waals surface area contributed by atoms with Crippen LogP contribution in [-0.4, -0.2) is 34.7 Å². The van der Waals surface area contributed by atoms with Gasteiger partial charge in [-0.15, -0.1) is 0 Å². The van der Waals surface area contributed by atoms with Crippen molar-refractivity contribution in [1.29, 1.82) is 0 Å². The number of benzene rings is 1. The van der Waals surface area contributed by atoms with Gasteiger partial charge in [0.1, 0.15) is 13.6 Å². The van der Waals surface area contributed by atoms with Crippen molar-refractivity contribution in [2.75, 3.05) is 7.11 Å². The van der Waals surface area contributed by atoms with E-state index in [0.29, 0.717) is 11.2 Å². The van der Waals surface area contributed by atoms with Gasteiger partial charge in [-0.2, -0.15) is 5.10 Å². The van der Waals surface area contributed by atoms with Crippen LogP contribution in [0.2, 0.25) is 0 Å². The first kappa shape index (κ1) is 12.9. The van der Waals surface area contributed by atoms with E-state index < -0.39 is 0 Å². The van der Waals surface area contributed by atoms with Crippen molar-refractivity contribution in [3.05, 3.63) is 36.8 Å². The fourth-order valence-corrected chi connectivity index (χ4v) is 2.79. The van der Waals surface area contributed by atoms with Gasteiger partial charge in [-0.1, -0.05) is 0 Å². The number of pyridine rings is 1. The molecule has 4 rings (SSSR count). The van der Waals surface area contributed by atoms with Gasteiger partial charge in [-0.25, -0.2) is 0 Å². The summed E-state index contributed by atoms with van der Waals surface area (Å²) >= 11 is 0. The van der Waals surface area contributed by atoms with Crippen LogP contribution >= 0.6 is 0 Å². The molecule has 1 N–H and O–H groups in total. The van der Waals surface area contributed by atoms with E-state index in [0.717, 1.165) is 33.1 Å². The molecule has 1 aromatic carbocycles. The van der Waals surface area contributed by atoms with Crippen LogP contribution < -0.4 is 10.2 Å². The topological polar surface area (TPSA) is 55.7 Å². The summed E-state index contributed by atoms with van der Waals surface area (Å²) in [5.74, 6) is 0.674. The summed E-state index contributed by atoms with van der Waals surface area (Å²) < 4.78 is 7.08. The summed E-state index contributed by atoms with van der Waals surface area (Å²) in [6.45, 7) is 0. The first-order valence-corrected chi connectivity index (χ1v) is 6.90. The molecule has 0 aliphatic carbocycles. The zero-order valence-electron chi connectivity index (χ0n) is 12.3. The number of aromatic amines is 1. The SMILES string of the molecule is [B]c1c(OC)ccc2[nH]c3cnc(-c4cnn(C)c4)cc3c12. The van der Waals surface area contributed by atoms with Gasteiger partial charge < -0.3 is 9.72 Å². The maximum atomic E-state index is 6.25. The number of nitrogens with zero attached hydrogens (tertiary/aromatic N) is 3. The number of hydrogen-bond donors (Lipinski definition) is 1. The largest absolute Gasteiger partial charge is 0.497 e. The molecule has 0 bridgehead atoms. The monoisotopic (exact) mass is 288 g/mol. The maximum absolute atomic E-state index is 6.25. The van der Waals surface area contributed by atoms with E-state index in [9.17, 15) is 0 Å². The summed E-state index contributed by atoms with van der Waals surface area (Å²) in [5, 5.41) is 6.18. The van der Waals surface area contributed by atoms with Crippen LogP contribution in [0.3, 0.4) is 0 Å². The predicted molar refractivity (Wildman–Crippen MR) is 87.7 cm³/mol. The van der Waals surface area contributed by atoms with E-state index in [2.05, 4.69) is 15.1 Å². The molecule has 0 atom stereocenters. The molecular formula is C16H13BN4O. The van der Waals surface area contributed by atoms with Crippen LogP contribution in [0.1, 0.15) is 0 Å². The van der Waals surface area contributed by atoms with E-state index in [1.54, 1.807) is 18.0 Å². The number of nitrogens with one attached hydrogen (secondary N) is 1. The molecule has 0 unspecified atom stereocenters. The minimum atomic E-state index is 0.634. The minimum Gasteiger partial charge on any atom is -0.497 e. The Kier molecular flexibility index (Phi) is 2.72. The van der Waals surface area contributed by atoms with Crippen LogP contribution in [0, 0.1) is 0 Å². The molecule has 0 saturated carbocycles. The Morgan fingerprint density at radius 1 is 1.23 bits per heavy atom. The molecular weight excluding hydrogens is 275 g/mol. The van der Waals surface area contributed by atoms with E-state index in [1.807, 2.05) is 37.6 Å². The molecule has 0 spiro atoms. The molecule has 4 aromatic rings. The Balaban J connectivity index is 2.03. The molecule has 0 fully saturated rings. The second kappa shape index (κ2) is 4.63. The molecule has 0 aliphatic rings. The van der Waals surface area contributed by atoms with Crippen LogP contribution in [0.15, 0.2) is 36.8 Å². The number of methoxy groups -OCH3 is 1. The number of aryl methyl sites for hydroxylation is 1. The number of ether oxygens (including phenoxy) is 1. The molecule has 5 nitrogen and oxygen atoms in total. The van der Waals surface area contributed by atoms with Crippen molar-refractivity contribution in [1.82, 2.24) is 19.7 Å². The van der Waals surface area contributed by atoms with Crippen molar-refractivity contribution in [3.63, 3.8) is 0 Å². The average molecular weight is 288 g/mol. The lowest BCUT2D eigenvalue weighted by Gasteiger charge is -2.06. The van der Waals surface area contributed by atoms with Crippen LogP contribution in [-0.2, 0) is 7.05 Å². The fraction of sp³-hybridized carbons (Fsp3) is 0.125. The number of H-pyrrole nitrogens is 1. The van der Waals surface area contributed by atoms with Gasteiger partial charge in [0.05, 0.1) is 30.7 Å². The van der Waals surface area contributed by atoms with E-state index >= 15 is 0 Å². The Morgan fingerprint density at radius 2 is 2.09 bits per heavy atom. The fourth-order valence-electron chi connectivity index (χ4n) is 2.79. The Bertz CT molecular complexity index is 1000. The highest BCUT2D eigenvalue weighted by atomic mass is 16.5. The van der Waals surface area contributed by atoms with Gasteiger partial charge in [-0.3, -0.25) is 9.67 Å². The van der Waals surface area contributed by atoms with Crippen molar-refractivity contribution in [3.8, 4) is 17.0 Å². The first-order valence-electron chi connectivity index (χ1n) is 6.90. The van der Waals surface area contributed by atoms with Crippen molar-refractivity contribution in [2.24, 2.45) is 7.05 Å². The first-order chi connectivity index (χ1) is 10.7. The summed E-state index contributed by atoms with van der Waals surface area (Å²) in [5.41, 5.74) is 4.39. The predicted octanol–water partition coefficient (Wildman–Crippen LogP) is 1.92. The lowest BCUT2D eigenvalue weighted by atomic mass is 9.89. The van der Waals surface area contributed by atoms with Gasteiger partial charge in [0.25, 0.3) is 0 Å². The molecule has 3 heterocycles. The van der Waals surface area contributed by atoms with Crippen LogP contribution in [0.5, 0.6) is 5.75 Å². The second-order valence-corrected chi connectivity index (χ2v) is 5.25. The Labute approximate surface area is 128 Å². The summed E-state index contributed by atoms with van der Waals surface area (Å²) in [6, 6.07) is 5.86. The van der Waals surface area contributed by atoms with Gasteiger partial charge in [0, 0.05) is 35.1 Å². The van der Waals surface area contributed by atoms with Crippen LogP contribution in [0.4, 0.5) is 0 Å². The number of hydrogen-bond acceptors (Lipinski definition) is 3. The smallest absolute Gasteiger partial charge is 0.119 e. The van der Waals surface area contributed by atoms with Crippen molar-refractivity contribution < 1.29 is 4.74 Å². The zero-order valence-corrected chi connectivity index (χ0v) is 12.3. The number of rotatable bonds is 2. The average Bonchev–Trinajstić information content (AvgIpc) is 3.10. The van der Waals surface area contributed by atoms with E-state index in [-0.39, 0.29) is 0 Å². The normalized spacial score (nSPS) is 11.4. The molecule has 106 valence electrons. The molecule has 0 amide bonds. The molecule has 22 heavy (non-hydrogen) atoms. The summed E-state index contributed by atoms with van der Waals surface area (Å²) in [7, 11) is 9.76. The molecule has 3 aromatic heterocycles. The summed E-state index contributed by atoms with van der Waals surface area (Å²) in [4.78, 5) is 7.84.